The summed E-state index contributed by atoms with van der Waals surface area (Å²) in [7, 11) is 1.48. The molecule has 3 N–H and O–H groups in total. The van der Waals surface area contributed by atoms with E-state index in [4.69, 9.17) is 10.5 Å². The van der Waals surface area contributed by atoms with Crippen molar-refractivity contribution in [2.45, 2.75) is 26.3 Å². The van der Waals surface area contributed by atoms with Crippen molar-refractivity contribution in [1.29, 1.82) is 0 Å². The van der Waals surface area contributed by atoms with Gasteiger partial charge in [-0.25, -0.2) is 4.98 Å². The molecule has 1 atom stereocenters. The fourth-order valence-corrected chi connectivity index (χ4v) is 2.33. The van der Waals surface area contributed by atoms with Gasteiger partial charge in [0.05, 0.1) is 13.2 Å². The molecular weight excluding hydrogens is 264 g/mol. The van der Waals surface area contributed by atoms with Crippen LogP contribution in [0.4, 0.5) is 11.9 Å². The van der Waals surface area contributed by atoms with Gasteiger partial charge in [0.25, 0.3) is 0 Å². The van der Waals surface area contributed by atoms with Crippen LogP contribution < -0.4 is 15.8 Å². The van der Waals surface area contributed by atoms with Gasteiger partial charge in [-0.15, -0.1) is 11.3 Å². The van der Waals surface area contributed by atoms with Gasteiger partial charge in [-0.05, 0) is 13.3 Å². The lowest BCUT2D eigenvalue weighted by Gasteiger charge is -2.11. The van der Waals surface area contributed by atoms with Gasteiger partial charge in [-0.2, -0.15) is 15.0 Å². The molecule has 0 saturated heterocycles. The maximum atomic E-state index is 5.58. The molecule has 19 heavy (non-hydrogen) atoms. The Kier molecular flexibility index (Phi) is 4.10. The molecule has 1 unspecified atom stereocenters. The molecule has 0 aliphatic carbocycles. The van der Waals surface area contributed by atoms with E-state index in [1.54, 1.807) is 11.3 Å². The Balaban J connectivity index is 2.13. The molecule has 0 fully saturated rings. The molecule has 0 aromatic carbocycles. The number of nitrogens with zero attached hydrogens (tertiary/aromatic N) is 4. The zero-order valence-electron chi connectivity index (χ0n) is 11.0. The van der Waals surface area contributed by atoms with Crippen molar-refractivity contribution in [2.24, 2.45) is 0 Å². The minimum Gasteiger partial charge on any atom is -0.467 e. The summed E-state index contributed by atoms with van der Waals surface area (Å²) >= 11 is 1.67. The first kappa shape index (κ1) is 13.5. The number of thiazole rings is 1. The molecule has 0 aliphatic rings. The third kappa shape index (κ3) is 3.28. The Morgan fingerprint density at radius 2 is 2.21 bits per heavy atom. The number of rotatable bonds is 5. The molecule has 2 rings (SSSR count). The van der Waals surface area contributed by atoms with Crippen LogP contribution in [0.5, 0.6) is 6.01 Å². The van der Waals surface area contributed by atoms with Crippen molar-refractivity contribution >= 4 is 23.2 Å². The summed E-state index contributed by atoms with van der Waals surface area (Å²) in [5, 5.41) is 4.12. The fourth-order valence-electron chi connectivity index (χ4n) is 1.47. The second kappa shape index (κ2) is 5.79. The molecule has 8 heteroatoms. The van der Waals surface area contributed by atoms with E-state index in [1.807, 2.05) is 13.1 Å². The predicted octanol–water partition coefficient (Wildman–Crippen LogP) is 1.65. The van der Waals surface area contributed by atoms with Gasteiger partial charge in [0.1, 0.15) is 5.01 Å². The molecule has 0 radical (unpaired) electrons. The number of methoxy groups -OCH3 is 1. The van der Waals surface area contributed by atoms with Crippen LogP contribution in [0, 0.1) is 0 Å². The molecule has 7 nitrogen and oxygen atoms in total. The SMILES string of the molecule is CCc1cnc(C(C)Nc2nc(N)nc(OC)n2)s1. The highest BCUT2D eigenvalue weighted by Gasteiger charge is 2.13. The Morgan fingerprint density at radius 3 is 2.84 bits per heavy atom. The molecule has 2 aromatic heterocycles. The van der Waals surface area contributed by atoms with Crippen LogP contribution in [0.25, 0.3) is 0 Å². The number of nitrogens with one attached hydrogen (secondary N) is 1. The molecule has 0 amide bonds. The number of ether oxygens (including phenoxy) is 1. The first-order valence-corrected chi connectivity index (χ1v) is 6.70. The lowest BCUT2D eigenvalue weighted by atomic mass is 10.3. The van der Waals surface area contributed by atoms with E-state index >= 15 is 0 Å². The van der Waals surface area contributed by atoms with Crippen molar-refractivity contribution in [3.63, 3.8) is 0 Å². The van der Waals surface area contributed by atoms with Crippen LogP contribution >= 0.6 is 11.3 Å². The normalized spacial score (nSPS) is 12.2. The summed E-state index contributed by atoms with van der Waals surface area (Å²) in [6.07, 6.45) is 2.87. The van der Waals surface area contributed by atoms with Crippen LogP contribution in [0.2, 0.25) is 0 Å². The third-order valence-corrected chi connectivity index (χ3v) is 3.78. The van der Waals surface area contributed by atoms with Crippen LogP contribution in [0.1, 0.15) is 29.8 Å². The first-order valence-electron chi connectivity index (χ1n) is 5.89. The van der Waals surface area contributed by atoms with E-state index in [2.05, 4.69) is 32.2 Å². The number of hydrogen-bond donors (Lipinski definition) is 2. The summed E-state index contributed by atoms with van der Waals surface area (Å²) in [5.41, 5.74) is 5.58. The van der Waals surface area contributed by atoms with Gasteiger partial charge in [-0.3, -0.25) is 0 Å². The lowest BCUT2D eigenvalue weighted by molar-refractivity contribution is 0.379. The molecule has 0 saturated carbocycles. The maximum Gasteiger partial charge on any atom is 0.322 e. The van der Waals surface area contributed by atoms with E-state index < -0.39 is 0 Å². The van der Waals surface area contributed by atoms with E-state index in [0.29, 0.717) is 5.95 Å². The van der Waals surface area contributed by atoms with Gasteiger partial charge >= 0.3 is 6.01 Å². The Hall–Kier alpha value is -1.96. The largest absolute Gasteiger partial charge is 0.467 e. The van der Waals surface area contributed by atoms with Crippen LogP contribution in [-0.4, -0.2) is 27.0 Å². The van der Waals surface area contributed by atoms with E-state index in [1.165, 1.54) is 12.0 Å². The van der Waals surface area contributed by atoms with Gasteiger partial charge in [-0.1, -0.05) is 6.92 Å². The number of nitrogen functional groups attached to an aromatic ring is 1. The Bertz CT molecular complexity index is 558. The molecule has 2 aromatic rings. The summed E-state index contributed by atoms with van der Waals surface area (Å²) in [6, 6.07) is 0.187. The lowest BCUT2D eigenvalue weighted by Crippen LogP contribution is -2.11. The minimum absolute atomic E-state index is 0.00296. The summed E-state index contributed by atoms with van der Waals surface area (Å²) in [4.78, 5) is 17.5. The topological polar surface area (TPSA) is 98.8 Å². The summed E-state index contributed by atoms with van der Waals surface area (Å²) < 4.78 is 4.95. The van der Waals surface area contributed by atoms with Crippen molar-refractivity contribution in [2.75, 3.05) is 18.2 Å². The van der Waals surface area contributed by atoms with E-state index in [0.717, 1.165) is 11.4 Å². The van der Waals surface area contributed by atoms with E-state index in [9.17, 15) is 0 Å². The van der Waals surface area contributed by atoms with Gasteiger partial charge in [0, 0.05) is 11.1 Å². The fraction of sp³-hybridized carbons (Fsp3) is 0.455. The number of aromatic nitrogens is 4. The highest BCUT2D eigenvalue weighted by Crippen LogP contribution is 2.23. The Morgan fingerprint density at radius 1 is 1.42 bits per heavy atom. The molecule has 0 spiro atoms. The molecule has 102 valence electrons. The molecule has 0 bridgehead atoms. The highest BCUT2D eigenvalue weighted by atomic mass is 32.1. The number of anilines is 2. The van der Waals surface area contributed by atoms with Crippen molar-refractivity contribution in [3.05, 3.63) is 16.1 Å². The minimum atomic E-state index is -0.00296. The zero-order chi connectivity index (χ0) is 13.8. The smallest absolute Gasteiger partial charge is 0.322 e. The Labute approximate surface area is 115 Å². The third-order valence-electron chi connectivity index (χ3n) is 2.45. The molecule has 2 heterocycles. The zero-order valence-corrected chi connectivity index (χ0v) is 11.9. The maximum absolute atomic E-state index is 5.58. The number of hydrogen-bond acceptors (Lipinski definition) is 8. The molecular formula is C11H16N6OS. The monoisotopic (exact) mass is 280 g/mol. The van der Waals surface area contributed by atoms with Gasteiger partial charge < -0.3 is 15.8 Å². The van der Waals surface area contributed by atoms with Crippen molar-refractivity contribution in [1.82, 2.24) is 19.9 Å². The number of nitrogens with two attached hydrogens (primary N) is 1. The van der Waals surface area contributed by atoms with Gasteiger partial charge in [0.2, 0.25) is 11.9 Å². The van der Waals surface area contributed by atoms with Crippen LogP contribution in [-0.2, 0) is 6.42 Å². The second-order valence-electron chi connectivity index (χ2n) is 3.89. The van der Waals surface area contributed by atoms with Gasteiger partial charge in [0.15, 0.2) is 0 Å². The molecule has 0 aliphatic heterocycles. The van der Waals surface area contributed by atoms with Crippen molar-refractivity contribution < 1.29 is 4.74 Å². The summed E-state index contributed by atoms with van der Waals surface area (Å²) in [6.45, 7) is 4.09. The van der Waals surface area contributed by atoms with E-state index in [-0.39, 0.29) is 18.0 Å². The summed E-state index contributed by atoms with van der Waals surface area (Å²) in [5.74, 6) is 0.500. The number of aryl methyl sites for hydroxylation is 1. The standard InChI is InChI=1S/C11H16N6OS/c1-4-7-5-13-8(19-7)6(2)14-10-15-9(12)16-11(17-10)18-3/h5-6H,4H2,1-3H3,(H3,12,14,15,16,17). The van der Waals surface area contributed by atoms with Crippen LogP contribution in [0.15, 0.2) is 6.20 Å². The highest BCUT2D eigenvalue weighted by molar-refractivity contribution is 7.11. The van der Waals surface area contributed by atoms with Crippen molar-refractivity contribution in [3.8, 4) is 6.01 Å². The van der Waals surface area contributed by atoms with Crippen LogP contribution in [0.3, 0.4) is 0 Å². The average Bonchev–Trinajstić information content (AvgIpc) is 2.86. The average molecular weight is 280 g/mol. The predicted molar refractivity (Wildman–Crippen MR) is 74.3 cm³/mol. The second-order valence-corrected chi connectivity index (χ2v) is 5.04. The first-order chi connectivity index (χ1) is 9.12. The quantitative estimate of drug-likeness (QED) is 0.859.